The van der Waals surface area contributed by atoms with Crippen LogP contribution in [0, 0.1) is 0 Å². The summed E-state index contributed by atoms with van der Waals surface area (Å²) in [5, 5.41) is 3.23. The first kappa shape index (κ1) is 13.8. The monoisotopic (exact) mass is 205 g/mol. The summed E-state index contributed by atoms with van der Waals surface area (Å²) in [7, 11) is 1.68. The van der Waals surface area contributed by atoms with E-state index >= 15 is 0 Å². The highest BCUT2D eigenvalue weighted by Crippen LogP contribution is 1.89. The molecule has 4 heteroatoms. The topological polar surface area (TPSA) is 39.7 Å². The summed E-state index contributed by atoms with van der Waals surface area (Å²) in [5.41, 5.74) is 0. The van der Waals surface area contributed by atoms with E-state index in [0.717, 1.165) is 32.9 Å². The van der Waals surface area contributed by atoms with Gasteiger partial charge in [-0.1, -0.05) is 0 Å². The Hall–Kier alpha value is -0.160. The summed E-state index contributed by atoms with van der Waals surface area (Å²) in [6.07, 6.45) is 0.175. The lowest BCUT2D eigenvalue weighted by atomic mass is 10.4. The van der Waals surface area contributed by atoms with E-state index in [1.807, 2.05) is 13.8 Å². The zero-order valence-corrected chi connectivity index (χ0v) is 9.54. The molecule has 0 amide bonds. The number of methoxy groups -OCH3 is 1. The summed E-state index contributed by atoms with van der Waals surface area (Å²) >= 11 is 0. The van der Waals surface area contributed by atoms with Gasteiger partial charge in [-0.15, -0.1) is 0 Å². The molecule has 0 aromatic heterocycles. The van der Waals surface area contributed by atoms with E-state index in [1.165, 1.54) is 0 Å². The van der Waals surface area contributed by atoms with Crippen LogP contribution in [0.15, 0.2) is 0 Å². The molecule has 0 spiro atoms. The third-order valence-corrected chi connectivity index (χ3v) is 1.71. The van der Waals surface area contributed by atoms with Crippen molar-refractivity contribution in [3.05, 3.63) is 0 Å². The van der Waals surface area contributed by atoms with Crippen molar-refractivity contribution in [2.45, 2.75) is 20.0 Å². The Morgan fingerprint density at radius 3 is 2.57 bits per heavy atom. The second-order valence-corrected chi connectivity index (χ2v) is 3.08. The van der Waals surface area contributed by atoms with Gasteiger partial charge < -0.3 is 19.5 Å². The SMILES string of the molecule is CCOCCNCCOC(C)COC. The van der Waals surface area contributed by atoms with Crippen molar-refractivity contribution in [2.24, 2.45) is 0 Å². The van der Waals surface area contributed by atoms with Crippen molar-refractivity contribution in [3.63, 3.8) is 0 Å². The van der Waals surface area contributed by atoms with Gasteiger partial charge in [-0.05, 0) is 13.8 Å². The first-order valence-electron chi connectivity index (χ1n) is 5.20. The standard InChI is InChI=1S/C10H23NO3/c1-4-13-7-5-11-6-8-14-10(2)9-12-3/h10-11H,4-9H2,1-3H3. The van der Waals surface area contributed by atoms with Crippen LogP contribution in [0.5, 0.6) is 0 Å². The Balaban J connectivity index is 2.98. The Labute approximate surface area is 86.9 Å². The molecule has 0 saturated carbocycles. The third kappa shape index (κ3) is 9.92. The molecular formula is C10H23NO3. The third-order valence-electron chi connectivity index (χ3n) is 1.71. The molecule has 0 aromatic carbocycles. The average Bonchev–Trinajstić information content (AvgIpc) is 2.17. The molecule has 0 aliphatic rings. The Morgan fingerprint density at radius 1 is 1.21 bits per heavy atom. The number of nitrogens with one attached hydrogen (secondary N) is 1. The van der Waals surface area contributed by atoms with Crippen LogP contribution in [0.2, 0.25) is 0 Å². The molecule has 0 aliphatic carbocycles. The maximum Gasteiger partial charge on any atom is 0.0780 e. The molecule has 0 saturated heterocycles. The predicted molar refractivity (Wildman–Crippen MR) is 56.7 cm³/mol. The molecule has 0 fully saturated rings. The van der Waals surface area contributed by atoms with Crippen LogP contribution in [0.4, 0.5) is 0 Å². The van der Waals surface area contributed by atoms with Crippen LogP contribution < -0.4 is 5.32 Å². The quantitative estimate of drug-likeness (QED) is 0.532. The highest BCUT2D eigenvalue weighted by atomic mass is 16.5. The zero-order chi connectivity index (χ0) is 10.6. The van der Waals surface area contributed by atoms with Crippen molar-refractivity contribution in [2.75, 3.05) is 46.6 Å². The fraction of sp³-hybridized carbons (Fsp3) is 1.00. The highest BCUT2D eigenvalue weighted by Gasteiger charge is 1.99. The Kier molecular flexibility index (Phi) is 10.8. The van der Waals surface area contributed by atoms with Gasteiger partial charge >= 0.3 is 0 Å². The molecule has 1 N–H and O–H groups in total. The summed E-state index contributed by atoms with van der Waals surface area (Å²) in [6, 6.07) is 0. The summed E-state index contributed by atoms with van der Waals surface area (Å²) in [5.74, 6) is 0. The molecule has 0 rings (SSSR count). The first-order chi connectivity index (χ1) is 6.81. The molecule has 0 heterocycles. The first-order valence-corrected chi connectivity index (χ1v) is 5.20. The lowest BCUT2D eigenvalue weighted by Crippen LogP contribution is -2.26. The number of hydrogen-bond acceptors (Lipinski definition) is 4. The van der Waals surface area contributed by atoms with Crippen molar-refractivity contribution in [3.8, 4) is 0 Å². The molecule has 1 atom stereocenters. The van der Waals surface area contributed by atoms with E-state index < -0.39 is 0 Å². The van der Waals surface area contributed by atoms with Crippen LogP contribution in [-0.2, 0) is 14.2 Å². The van der Waals surface area contributed by atoms with Crippen LogP contribution in [0.1, 0.15) is 13.8 Å². The second kappa shape index (κ2) is 10.9. The molecule has 0 radical (unpaired) electrons. The lowest BCUT2D eigenvalue weighted by molar-refractivity contribution is 0.0103. The van der Waals surface area contributed by atoms with Crippen LogP contribution >= 0.6 is 0 Å². The van der Waals surface area contributed by atoms with E-state index in [0.29, 0.717) is 6.61 Å². The molecule has 86 valence electrons. The molecule has 1 unspecified atom stereocenters. The summed E-state index contributed by atoms with van der Waals surface area (Å²) in [4.78, 5) is 0. The van der Waals surface area contributed by atoms with Crippen LogP contribution in [0.3, 0.4) is 0 Å². The van der Waals surface area contributed by atoms with Gasteiger partial charge in [-0.2, -0.15) is 0 Å². The minimum atomic E-state index is 0.175. The van der Waals surface area contributed by atoms with E-state index in [9.17, 15) is 0 Å². The highest BCUT2D eigenvalue weighted by molar-refractivity contribution is 4.49. The average molecular weight is 205 g/mol. The second-order valence-electron chi connectivity index (χ2n) is 3.08. The predicted octanol–water partition coefficient (Wildman–Crippen LogP) is 0.664. The van der Waals surface area contributed by atoms with Crippen LogP contribution in [-0.4, -0.2) is 52.7 Å². The molecule has 4 nitrogen and oxygen atoms in total. The van der Waals surface area contributed by atoms with Gasteiger partial charge in [0.1, 0.15) is 0 Å². The van der Waals surface area contributed by atoms with Crippen molar-refractivity contribution < 1.29 is 14.2 Å². The maximum absolute atomic E-state index is 5.46. The van der Waals surface area contributed by atoms with Gasteiger partial charge in [0.05, 0.1) is 25.9 Å². The van der Waals surface area contributed by atoms with Gasteiger partial charge in [-0.3, -0.25) is 0 Å². The van der Waals surface area contributed by atoms with Gasteiger partial charge in [0.2, 0.25) is 0 Å². The molecule has 0 aromatic rings. The van der Waals surface area contributed by atoms with E-state index in [4.69, 9.17) is 14.2 Å². The number of rotatable bonds is 10. The summed E-state index contributed by atoms with van der Waals surface area (Å²) < 4.78 is 15.6. The fourth-order valence-electron chi connectivity index (χ4n) is 1.03. The molecule has 14 heavy (non-hydrogen) atoms. The zero-order valence-electron chi connectivity index (χ0n) is 9.54. The van der Waals surface area contributed by atoms with Crippen molar-refractivity contribution in [1.82, 2.24) is 5.32 Å². The lowest BCUT2D eigenvalue weighted by Gasteiger charge is -2.12. The molecule has 0 bridgehead atoms. The van der Waals surface area contributed by atoms with E-state index in [2.05, 4.69) is 5.32 Å². The Bertz CT molecular complexity index is 112. The normalized spacial score (nSPS) is 13.1. The number of hydrogen-bond donors (Lipinski definition) is 1. The van der Waals surface area contributed by atoms with E-state index in [1.54, 1.807) is 7.11 Å². The van der Waals surface area contributed by atoms with Gasteiger partial charge in [0.15, 0.2) is 0 Å². The maximum atomic E-state index is 5.46. The van der Waals surface area contributed by atoms with Crippen molar-refractivity contribution in [1.29, 1.82) is 0 Å². The van der Waals surface area contributed by atoms with E-state index in [-0.39, 0.29) is 6.10 Å². The minimum Gasteiger partial charge on any atom is -0.382 e. The molecule has 0 aliphatic heterocycles. The Morgan fingerprint density at radius 2 is 1.93 bits per heavy atom. The van der Waals surface area contributed by atoms with Gasteiger partial charge in [-0.25, -0.2) is 0 Å². The molecular weight excluding hydrogens is 182 g/mol. The van der Waals surface area contributed by atoms with Gasteiger partial charge in [0, 0.05) is 26.8 Å². The number of ether oxygens (including phenoxy) is 3. The smallest absolute Gasteiger partial charge is 0.0780 e. The van der Waals surface area contributed by atoms with Crippen molar-refractivity contribution >= 4 is 0 Å². The summed E-state index contributed by atoms with van der Waals surface area (Å²) in [6.45, 7) is 8.67. The largest absolute Gasteiger partial charge is 0.382 e. The van der Waals surface area contributed by atoms with Gasteiger partial charge in [0.25, 0.3) is 0 Å². The minimum absolute atomic E-state index is 0.175. The fourth-order valence-corrected chi connectivity index (χ4v) is 1.03. The van der Waals surface area contributed by atoms with Crippen LogP contribution in [0.25, 0.3) is 0 Å².